The van der Waals surface area contributed by atoms with Crippen LogP contribution in [0.1, 0.15) is 19.4 Å². The fourth-order valence-corrected chi connectivity index (χ4v) is 1.52. The average molecular weight is 207 g/mol. The largest absolute Gasteiger partial charge is 0.454 e. The van der Waals surface area contributed by atoms with Crippen molar-refractivity contribution in [1.82, 2.24) is 0 Å². The fraction of sp³-hybridized carbons (Fsp3) is 0.364. The van der Waals surface area contributed by atoms with Gasteiger partial charge >= 0.3 is 0 Å². The first-order valence-corrected chi connectivity index (χ1v) is 4.72. The molecule has 0 fully saturated rings. The van der Waals surface area contributed by atoms with E-state index in [9.17, 15) is 0 Å². The average Bonchev–Trinajstić information content (AvgIpc) is 2.63. The number of fused-ring (bicyclic) bond motifs is 1. The summed E-state index contributed by atoms with van der Waals surface area (Å²) in [4.78, 5) is 0. The number of oxime groups is 1. The summed E-state index contributed by atoms with van der Waals surface area (Å²) in [5.74, 6) is 1.50. The summed E-state index contributed by atoms with van der Waals surface area (Å²) < 4.78 is 10.5. The van der Waals surface area contributed by atoms with Gasteiger partial charge < -0.3 is 14.7 Å². The molecular formula is C11H13NO3. The highest BCUT2D eigenvalue weighted by molar-refractivity contribution is 5.72. The molecule has 0 bridgehead atoms. The predicted octanol–water partition coefficient (Wildman–Crippen LogP) is 2.15. The van der Waals surface area contributed by atoms with Gasteiger partial charge in [0.1, 0.15) is 0 Å². The molecule has 80 valence electrons. The molecule has 0 radical (unpaired) electrons. The number of rotatable bonds is 2. The summed E-state index contributed by atoms with van der Waals surface area (Å²) in [5.41, 5.74) is 0.694. The molecule has 1 heterocycles. The summed E-state index contributed by atoms with van der Waals surface area (Å²) in [5, 5.41) is 11.7. The molecule has 1 aromatic rings. The molecule has 1 aromatic carbocycles. The molecule has 0 spiro atoms. The van der Waals surface area contributed by atoms with Gasteiger partial charge in [-0.05, 0) is 17.7 Å². The third-order valence-corrected chi connectivity index (χ3v) is 2.50. The molecule has 0 aliphatic carbocycles. The summed E-state index contributed by atoms with van der Waals surface area (Å²) in [6.45, 7) is 4.20. The fourth-order valence-electron chi connectivity index (χ4n) is 1.52. The summed E-state index contributed by atoms with van der Waals surface area (Å²) >= 11 is 0. The Balaban J connectivity index is 2.38. The van der Waals surface area contributed by atoms with E-state index in [1.165, 1.54) is 6.21 Å². The van der Waals surface area contributed by atoms with E-state index in [-0.39, 0.29) is 12.2 Å². The highest BCUT2D eigenvalue weighted by Crippen LogP contribution is 2.35. The standard InChI is InChI=1S/C11H13NO3/c1-11(2,6-12-13)8-3-4-9-10(5-8)15-7-14-9/h3-6,13H,7H2,1-2H3/b12-6+. The van der Waals surface area contributed by atoms with E-state index in [0.29, 0.717) is 0 Å². The van der Waals surface area contributed by atoms with Gasteiger partial charge in [-0.3, -0.25) is 0 Å². The first kappa shape index (κ1) is 9.83. The first-order chi connectivity index (χ1) is 7.13. The maximum absolute atomic E-state index is 8.57. The zero-order valence-electron chi connectivity index (χ0n) is 8.73. The van der Waals surface area contributed by atoms with Crippen LogP contribution in [0.3, 0.4) is 0 Å². The molecule has 0 unspecified atom stereocenters. The lowest BCUT2D eigenvalue weighted by Gasteiger charge is -2.19. The Morgan fingerprint density at radius 1 is 1.33 bits per heavy atom. The van der Waals surface area contributed by atoms with Gasteiger partial charge in [0.2, 0.25) is 6.79 Å². The van der Waals surface area contributed by atoms with Crippen LogP contribution < -0.4 is 9.47 Å². The SMILES string of the molecule is CC(C)(/C=N/O)c1ccc2c(c1)OCO2. The van der Waals surface area contributed by atoms with E-state index < -0.39 is 0 Å². The number of nitrogens with zero attached hydrogens (tertiary/aromatic N) is 1. The highest BCUT2D eigenvalue weighted by Gasteiger charge is 2.22. The monoisotopic (exact) mass is 207 g/mol. The molecule has 1 N–H and O–H groups in total. The lowest BCUT2D eigenvalue weighted by molar-refractivity contribution is 0.174. The number of hydrogen-bond acceptors (Lipinski definition) is 4. The topological polar surface area (TPSA) is 51.1 Å². The van der Waals surface area contributed by atoms with Crippen LogP contribution in [-0.4, -0.2) is 18.2 Å². The van der Waals surface area contributed by atoms with E-state index in [1.807, 2.05) is 32.0 Å². The van der Waals surface area contributed by atoms with Gasteiger partial charge in [-0.1, -0.05) is 19.9 Å². The Hall–Kier alpha value is -1.71. The number of ether oxygens (including phenoxy) is 2. The second-order valence-electron chi connectivity index (χ2n) is 4.03. The molecule has 0 saturated heterocycles. The van der Waals surface area contributed by atoms with Crippen molar-refractivity contribution >= 4 is 6.21 Å². The number of benzene rings is 1. The second-order valence-corrected chi connectivity index (χ2v) is 4.03. The Bertz CT molecular complexity index is 399. The van der Waals surface area contributed by atoms with E-state index >= 15 is 0 Å². The van der Waals surface area contributed by atoms with Gasteiger partial charge in [-0.25, -0.2) is 0 Å². The molecule has 1 aliphatic heterocycles. The van der Waals surface area contributed by atoms with Crippen molar-refractivity contribution in [3.05, 3.63) is 23.8 Å². The van der Waals surface area contributed by atoms with Crippen LogP contribution in [0, 0.1) is 0 Å². The molecule has 4 heteroatoms. The van der Waals surface area contributed by atoms with E-state index in [0.717, 1.165) is 17.1 Å². The van der Waals surface area contributed by atoms with Crippen molar-refractivity contribution in [1.29, 1.82) is 0 Å². The second kappa shape index (κ2) is 3.46. The smallest absolute Gasteiger partial charge is 0.231 e. The minimum absolute atomic E-state index is 0.271. The summed E-state index contributed by atoms with van der Waals surface area (Å²) in [6.07, 6.45) is 1.49. The zero-order valence-corrected chi connectivity index (χ0v) is 8.73. The van der Waals surface area contributed by atoms with Gasteiger partial charge in [0.25, 0.3) is 0 Å². The van der Waals surface area contributed by atoms with E-state index in [2.05, 4.69) is 5.16 Å². The Labute approximate surface area is 88.1 Å². The molecule has 2 rings (SSSR count). The Morgan fingerprint density at radius 2 is 2.07 bits per heavy atom. The third kappa shape index (κ3) is 1.75. The molecule has 0 aromatic heterocycles. The lowest BCUT2D eigenvalue weighted by atomic mass is 9.86. The van der Waals surface area contributed by atoms with Crippen molar-refractivity contribution in [3.8, 4) is 11.5 Å². The van der Waals surface area contributed by atoms with Crippen LogP contribution >= 0.6 is 0 Å². The van der Waals surface area contributed by atoms with Crippen LogP contribution in [0.5, 0.6) is 11.5 Å². The maximum atomic E-state index is 8.57. The lowest BCUT2D eigenvalue weighted by Crippen LogP contribution is -2.18. The molecule has 0 saturated carbocycles. The molecule has 15 heavy (non-hydrogen) atoms. The quantitative estimate of drug-likeness (QED) is 0.459. The molecule has 0 atom stereocenters. The van der Waals surface area contributed by atoms with Crippen molar-refractivity contribution in [2.45, 2.75) is 19.3 Å². The van der Waals surface area contributed by atoms with Gasteiger partial charge in [0.05, 0.1) is 6.21 Å². The predicted molar refractivity (Wildman–Crippen MR) is 55.9 cm³/mol. The van der Waals surface area contributed by atoms with Gasteiger partial charge in [-0.2, -0.15) is 0 Å². The molecule has 4 nitrogen and oxygen atoms in total. The zero-order chi connectivity index (χ0) is 10.9. The summed E-state index contributed by atoms with van der Waals surface area (Å²) in [7, 11) is 0. The van der Waals surface area contributed by atoms with Crippen molar-refractivity contribution in [2.75, 3.05) is 6.79 Å². The number of hydrogen-bond donors (Lipinski definition) is 1. The van der Waals surface area contributed by atoms with Crippen molar-refractivity contribution < 1.29 is 14.7 Å². The molecule has 1 aliphatic rings. The summed E-state index contributed by atoms with van der Waals surface area (Å²) in [6, 6.07) is 5.71. The maximum Gasteiger partial charge on any atom is 0.231 e. The van der Waals surface area contributed by atoms with Gasteiger partial charge in [0, 0.05) is 5.41 Å². The first-order valence-electron chi connectivity index (χ1n) is 4.72. The van der Waals surface area contributed by atoms with Crippen LogP contribution in [0.25, 0.3) is 0 Å². The molecule has 0 amide bonds. The van der Waals surface area contributed by atoms with Crippen LogP contribution in [0.4, 0.5) is 0 Å². The van der Waals surface area contributed by atoms with Crippen LogP contribution in [-0.2, 0) is 5.41 Å². The van der Waals surface area contributed by atoms with Crippen LogP contribution in [0.2, 0.25) is 0 Å². The Kier molecular flexibility index (Phi) is 2.26. The highest BCUT2D eigenvalue weighted by atomic mass is 16.7. The van der Waals surface area contributed by atoms with E-state index in [4.69, 9.17) is 14.7 Å². The van der Waals surface area contributed by atoms with Crippen LogP contribution in [0.15, 0.2) is 23.4 Å². The molecular weight excluding hydrogens is 194 g/mol. The van der Waals surface area contributed by atoms with E-state index in [1.54, 1.807) is 0 Å². The minimum Gasteiger partial charge on any atom is -0.454 e. The van der Waals surface area contributed by atoms with Crippen molar-refractivity contribution in [3.63, 3.8) is 0 Å². The third-order valence-electron chi connectivity index (χ3n) is 2.50. The minimum atomic E-state index is -0.324. The van der Waals surface area contributed by atoms with Crippen molar-refractivity contribution in [2.24, 2.45) is 5.16 Å². The van der Waals surface area contributed by atoms with Gasteiger partial charge in [-0.15, -0.1) is 5.16 Å². The van der Waals surface area contributed by atoms with Gasteiger partial charge in [0.15, 0.2) is 11.5 Å². The Morgan fingerprint density at radius 3 is 2.80 bits per heavy atom. The normalized spacial score (nSPS) is 14.8.